The summed E-state index contributed by atoms with van der Waals surface area (Å²) in [6.07, 6.45) is 1.39. The van der Waals surface area contributed by atoms with E-state index in [0.717, 1.165) is 28.7 Å². The molecule has 2 aromatic rings. The van der Waals surface area contributed by atoms with Crippen LogP contribution in [0.2, 0.25) is 0 Å². The van der Waals surface area contributed by atoms with Gasteiger partial charge in [0.15, 0.2) is 17.3 Å². The monoisotopic (exact) mass is 333 g/mol. The molecule has 0 unspecified atom stereocenters. The lowest BCUT2D eigenvalue weighted by atomic mass is 10.1. The van der Waals surface area contributed by atoms with E-state index in [9.17, 15) is 0 Å². The van der Waals surface area contributed by atoms with Crippen LogP contribution >= 0.6 is 0 Å². The molecule has 0 bridgehead atoms. The van der Waals surface area contributed by atoms with Crippen LogP contribution in [-0.4, -0.2) is 42.7 Å². The molecule has 0 saturated carbocycles. The highest BCUT2D eigenvalue weighted by Crippen LogP contribution is 2.28. The first-order valence-corrected chi connectivity index (χ1v) is 8.04. The van der Waals surface area contributed by atoms with Gasteiger partial charge in [-0.1, -0.05) is 6.07 Å². The van der Waals surface area contributed by atoms with Crippen molar-refractivity contribution in [1.29, 1.82) is 0 Å². The second-order valence-electron chi connectivity index (χ2n) is 6.64. The third-order valence-corrected chi connectivity index (χ3v) is 3.69. The quantitative estimate of drug-likeness (QED) is 0.780. The number of hydrogen-bond donors (Lipinski definition) is 0. The number of benzene rings is 1. The smallest absolute Gasteiger partial charge is 0.161 e. The molecule has 0 aliphatic heterocycles. The number of ether oxygens (including phenoxy) is 3. The molecule has 0 amide bonds. The third kappa shape index (κ3) is 4.26. The summed E-state index contributed by atoms with van der Waals surface area (Å²) in [5.41, 5.74) is 0.966. The van der Waals surface area contributed by atoms with E-state index >= 15 is 0 Å². The third-order valence-electron chi connectivity index (χ3n) is 3.69. The van der Waals surface area contributed by atoms with Crippen LogP contribution in [-0.2, 0) is 23.1 Å². The first-order chi connectivity index (χ1) is 11.4. The van der Waals surface area contributed by atoms with E-state index in [1.165, 1.54) is 0 Å². The Balaban J connectivity index is 2.32. The Morgan fingerprint density at radius 2 is 1.75 bits per heavy atom. The minimum atomic E-state index is -0.135. The zero-order valence-electron chi connectivity index (χ0n) is 15.4. The van der Waals surface area contributed by atoms with Crippen molar-refractivity contribution in [3.63, 3.8) is 0 Å². The highest BCUT2D eigenvalue weighted by molar-refractivity contribution is 5.43. The van der Waals surface area contributed by atoms with Crippen LogP contribution in [0.3, 0.4) is 0 Å². The van der Waals surface area contributed by atoms with Gasteiger partial charge in [0.05, 0.1) is 26.4 Å². The summed E-state index contributed by atoms with van der Waals surface area (Å²) in [7, 11) is 4.96. The van der Waals surface area contributed by atoms with E-state index in [2.05, 4.69) is 25.9 Å². The minimum absolute atomic E-state index is 0.135. The van der Waals surface area contributed by atoms with Gasteiger partial charge in [-0.25, -0.2) is 9.67 Å². The van der Waals surface area contributed by atoms with Crippen molar-refractivity contribution in [3.05, 3.63) is 35.4 Å². The molecule has 24 heavy (non-hydrogen) atoms. The molecule has 0 fully saturated rings. The van der Waals surface area contributed by atoms with Gasteiger partial charge in [0.25, 0.3) is 0 Å². The molecule has 0 saturated heterocycles. The Bertz CT molecular complexity index is 675. The summed E-state index contributed by atoms with van der Waals surface area (Å²) in [6.45, 7) is 6.99. The fourth-order valence-electron chi connectivity index (χ4n) is 2.52. The fourth-order valence-corrected chi connectivity index (χ4v) is 2.52. The molecule has 1 aromatic heterocycles. The van der Waals surface area contributed by atoms with Crippen molar-refractivity contribution >= 4 is 0 Å². The molecule has 6 nitrogen and oxygen atoms in total. The van der Waals surface area contributed by atoms with Gasteiger partial charge in [-0.15, -0.1) is 0 Å². The standard InChI is InChI=1S/C18H27N3O3/c1-18(2,3)21-17(19-16(20-21)9-10-22-4)12-13-7-8-14(23-5)15(11-13)24-6/h7-8,11H,9-10,12H2,1-6H3. The molecule has 6 heteroatoms. The molecule has 0 atom stereocenters. The molecule has 0 aliphatic carbocycles. The Labute approximate surface area is 143 Å². The molecule has 2 rings (SSSR count). The summed E-state index contributed by atoms with van der Waals surface area (Å²) in [5, 5.41) is 4.66. The lowest BCUT2D eigenvalue weighted by Crippen LogP contribution is -2.25. The summed E-state index contributed by atoms with van der Waals surface area (Å²) < 4.78 is 17.8. The molecule has 1 heterocycles. The zero-order chi connectivity index (χ0) is 17.7. The van der Waals surface area contributed by atoms with Gasteiger partial charge in [-0.3, -0.25) is 0 Å². The van der Waals surface area contributed by atoms with Crippen molar-refractivity contribution in [3.8, 4) is 11.5 Å². The van der Waals surface area contributed by atoms with Crippen LogP contribution in [0, 0.1) is 0 Å². The van der Waals surface area contributed by atoms with Gasteiger partial charge < -0.3 is 14.2 Å². The average molecular weight is 333 g/mol. The highest BCUT2D eigenvalue weighted by Gasteiger charge is 2.21. The van der Waals surface area contributed by atoms with E-state index in [1.807, 2.05) is 22.9 Å². The van der Waals surface area contributed by atoms with Crippen molar-refractivity contribution in [2.75, 3.05) is 27.9 Å². The number of nitrogens with zero attached hydrogens (tertiary/aromatic N) is 3. The Morgan fingerprint density at radius 1 is 1.04 bits per heavy atom. The second-order valence-corrected chi connectivity index (χ2v) is 6.64. The van der Waals surface area contributed by atoms with Gasteiger partial charge in [-0.05, 0) is 38.5 Å². The van der Waals surface area contributed by atoms with Crippen LogP contribution in [0.1, 0.15) is 38.0 Å². The summed E-state index contributed by atoms with van der Waals surface area (Å²) >= 11 is 0. The maximum absolute atomic E-state index is 5.39. The van der Waals surface area contributed by atoms with E-state index in [4.69, 9.17) is 19.2 Å². The largest absolute Gasteiger partial charge is 0.493 e. The van der Waals surface area contributed by atoms with Crippen LogP contribution in [0.15, 0.2) is 18.2 Å². The first-order valence-electron chi connectivity index (χ1n) is 8.04. The highest BCUT2D eigenvalue weighted by atomic mass is 16.5. The number of hydrogen-bond acceptors (Lipinski definition) is 5. The maximum atomic E-state index is 5.39. The topological polar surface area (TPSA) is 58.4 Å². The van der Waals surface area contributed by atoms with E-state index in [-0.39, 0.29) is 5.54 Å². The second kappa shape index (κ2) is 7.66. The van der Waals surface area contributed by atoms with E-state index < -0.39 is 0 Å². The van der Waals surface area contributed by atoms with Gasteiger partial charge in [-0.2, -0.15) is 5.10 Å². The van der Waals surface area contributed by atoms with Crippen LogP contribution in [0.4, 0.5) is 0 Å². The number of aromatic nitrogens is 3. The first kappa shape index (κ1) is 18.3. The molecule has 0 aliphatic rings. The lowest BCUT2D eigenvalue weighted by molar-refractivity contribution is 0.200. The molecule has 0 N–H and O–H groups in total. The van der Waals surface area contributed by atoms with Crippen LogP contribution in [0.25, 0.3) is 0 Å². The van der Waals surface area contributed by atoms with Crippen molar-refractivity contribution in [2.24, 2.45) is 0 Å². The zero-order valence-corrected chi connectivity index (χ0v) is 15.4. The molecule has 132 valence electrons. The molecule has 0 radical (unpaired) electrons. The predicted octanol–water partition coefficient (Wildman–Crippen LogP) is 2.83. The van der Waals surface area contributed by atoms with E-state index in [1.54, 1.807) is 21.3 Å². The van der Waals surface area contributed by atoms with Crippen molar-refractivity contribution in [1.82, 2.24) is 14.8 Å². The van der Waals surface area contributed by atoms with E-state index in [0.29, 0.717) is 19.4 Å². The van der Waals surface area contributed by atoms with Crippen LogP contribution in [0.5, 0.6) is 11.5 Å². The van der Waals surface area contributed by atoms with Crippen molar-refractivity contribution in [2.45, 2.75) is 39.2 Å². The molecular weight excluding hydrogens is 306 g/mol. The number of rotatable bonds is 7. The Morgan fingerprint density at radius 3 is 2.33 bits per heavy atom. The van der Waals surface area contributed by atoms with Crippen molar-refractivity contribution < 1.29 is 14.2 Å². The Hall–Kier alpha value is -2.08. The lowest BCUT2D eigenvalue weighted by Gasteiger charge is -2.21. The van der Waals surface area contributed by atoms with Gasteiger partial charge >= 0.3 is 0 Å². The fraction of sp³-hybridized carbons (Fsp3) is 0.556. The molecule has 0 spiro atoms. The summed E-state index contributed by atoms with van der Waals surface area (Å²) in [5.74, 6) is 3.18. The predicted molar refractivity (Wildman–Crippen MR) is 93.0 cm³/mol. The Kier molecular flexibility index (Phi) is 5.83. The normalized spacial score (nSPS) is 11.6. The van der Waals surface area contributed by atoms with Gasteiger partial charge in [0.2, 0.25) is 0 Å². The minimum Gasteiger partial charge on any atom is -0.493 e. The maximum Gasteiger partial charge on any atom is 0.161 e. The average Bonchev–Trinajstić information content (AvgIpc) is 2.95. The summed E-state index contributed by atoms with van der Waals surface area (Å²) in [4.78, 5) is 4.71. The summed E-state index contributed by atoms with van der Waals surface area (Å²) in [6, 6.07) is 5.92. The van der Waals surface area contributed by atoms with Crippen LogP contribution < -0.4 is 9.47 Å². The van der Waals surface area contributed by atoms with Gasteiger partial charge in [0, 0.05) is 20.0 Å². The SMILES string of the molecule is COCCc1nc(Cc2ccc(OC)c(OC)c2)n(C(C)(C)C)n1. The number of methoxy groups -OCH3 is 3. The van der Waals surface area contributed by atoms with Gasteiger partial charge in [0.1, 0.15) is 5.82 Å². The molecular formula is C18H27N3O3. The molecule has 1 aromatic carbocycles.